The summed E-state index contributed by atoms with van der Waals surface area (Å²) in [7, 11) is 0. The van der Waals surface area contributed by atoms with Gasteiger partial charge in [-0.3, -0.25) is 15.1 Å². The minimum Gasteiger partial charge on any atom is -0.506 e. The summed E-state index contributed by atoms with van der Waals surface area (Å²) in [4.78, 5) is 20.8. The number of nitrogens with one attached hydrogen (secondary N) is 2. The topological polar surface area (TPSA) is 116 Å². The molecule has 8 nitrogen and oxygen atoms in total. The van der Waals surface area contributed by atoms with Gasteiger partial charge in [-0.1, -0.05) is 12.1 Å². The number of nitrogens with zero attached hydrogens (tertiary/aromatic N) is 5. The Morgan fingerprint density at radius 2 is 1.78 bits per heavy atom. The molecule has 6 aromatic rings. The van der Waals surface area contributed by atoms with E-state index in [1.54, 1.807) is 36.8 Å². The highest BCUT2D eigenvalue weighted by Crippen LogP contribution is 2.32. The molecule has 1 aromatic carbocycles. The van der Waals surface area contributed by atoms with Gasteiger partial charge in [0.15, 0.2) is 11.5 Å². The third-order valence-corrected chi connectivity index (χ3v) is 5.24. The van der Waals surface area contributed by atoms with E-state index in [-0.39, 0.29) is 11.6 Å². The van der Waals surface area contributed by atoms with Gasteiger partial charge < -0.3 is 10.1 Å². The Kier molecular flexibility index (Phi) is 3.94. The van der Waals surface area contributed by atoms with Gasteiger partial charge in [0, 0.05) is 28.9 Å². The molecule has 0 aliphatic carbocycles. The van der Waals surface area contributed by atoms with Gasteiger partial charge in [-0.05, 0) is 35.9 Å². The van der Waals surface area contributed by atoms with Crippen LogP contribution >= 0.6 is 0 Å². The molecule has 0 amide bonds. The third-order valence-electron chi connectivity index (χ3n) is 5.24. The second kappa shape index (κ2) is 6.95. The van der Waals surface area contributed by atoms with Crippen LogP contribution in [0.3, 0.4) is 0 Å². The van der Waals surface area contributed by atoms with Crippen molar-refractivity contribution in [2.45, 2.75) is 0 Å². The highest BCUT2D eigenvalue weighted by Gasteiger charge is 2.17. The number of imidazole rings is 1. The molecule has 5 aromatic heterocycles. The first-order valence-corrected chi connectivity index (χ1v) is 9.75. The molecular formula is C23H14FN7O. The van der Waals surface area contributed by atoms with E-state index < -0.39 is 0 Å². The molecule has 0 unspecified atom stereocenters. The van der Waals surface area contributed by atoms with Gasteiger partial charge in [0.25, 0.3) is 0 Å². The average molecular weight is 423 g/mol. The molecule has 0 atom stereocenters. The van der Waals surface area contributed by atoms with Crippen molar-refractivity contribution in [3.05, 3.63) is 73.1 Å². The van der Waals surface area contributed by atoms with Gasteiger partial charge in [0.1, 0.15) is 17.3 Å². The molecule has 0 aliphatic heterocycles. The fourth-order valence-electron chi connectivity index (χ4n) is 3.72. The molecule has 0 fully saturated rings. The van der Waals surface area contributed by atoms with Crippen molar-refractivity contribution in [3.63, 3.8) is 0 Å². The predicted molar refractivity (Wildman–Crippen MR) is 117 cm³/mol. The third kappa shape index (κ3) is 2.95. The number of hydrogen-bond acceptors (Lipinski definition) is 6. The summed E-state index contributed by atoms with van der Waals surface area (Å²) >= 11 is 0. The Morgan fingerprint density at radius 3 is 2.62 bits per heavy atom. The van der Waals surface area contributed by atoms with Crippen LogP contribution in [0.15, 0.2) is 67.3 Å². The molecule has 0 saturated heterocycles. The van der Waals surface area contributed by atoms with Crippen molar-refractivity contribution in [2.75, 3.05) is 0 Å². The zero-order valence-electron chi connectivity index (χ0n) is 16.4. The van der Waals surface area contributed by atoms with Gasteiger partial charge in [0.05, 0.1) is 29.1 Å². The van der Waals surface area contributed by atoms with Crippen molar-refractivity contribution in [1.82, 2.24) is 35.1 Å². The number of pyridine rings is 3. The van der Waals surface area contributed by atoms with Crippen LogP contribution in [-0.2, 0) is 0 Å². The number of aromatic nitrogens is 7. The number of aromatic hydroxyl groups is 1. The number of H-pyrrole nitrogens is 2. The summed E-state index contributed by atoms with van der Waals surface area (Å²) in [5.74, 6) is 0.312. The lowest BCUT2D eigenvalue weighted by Gasteiger charge is -2.02. The van der Waals surface area contributed by atoms with Crippen LogP contribution in [0.5, 0.6) is 5.75 Å². The smallest absolute Gasteiger partial charge is 0.178 e. The van der Waals surface area contributed by atoms with Gasteiger partial charge in [-0.25, -0.2) is 14.4 Å². The van der Waals surface area contributed by atoms with E-state index >= 15 is 0 Å². The quantitative estimate of drug-likeness (QED) is 0.387. The van der Waals surface area contributed by atoms with Gasteiger partial charge in [-0.15, -0.1) is 0 Å². The maximum absolute atomic E-state index is 13.4. The molecule has 0 saturated carbocycles. The van der Waals surface area contributed by atoms with Crippen molar-refractivity contribution in [1.29, 1.82) is 0 Å². The molecule has 0 bridgehead atoms. The van der Waals surface area contributed by atoms with Crippen molar-refractivity contribution in [2.24, 2.45) is 0 Å². The lowest BCUT2D eigenvalue weighted by molar-refractivity contribution is 0.473. The molecular weight excluding hydrogens is 409 g/mol. The number of hydrogen-bond donors (Lipinski definition) is 3. The molecule has 6 rings (SSSR count). The molecule has 32 heavy (non-hydrogen) atoms. The summed E-state index contributed by atoms with van der Waals surface area (Å²) < 4.78 is 13.4. The normalized spacial score (nSPS) is 11.4. The van der Waals surface area contributed by atoms with E-state index in [0.717, 1.165) is 27.5 Å². The van der Waals surface area contributed by atoms with Crippen molar-refractivity contribution >= 4 is 22.1 Å². The van der Waals surface area contributed by atoms with Gasteiger partial charge in [0.2, 0.25) is 0 Å². The summed E-state index contributed by atoms with van der Waals surface area (Å²) in [6.45, 7) is 0. The molecule has 9 heteroatoms. The summed E-state index contributed by atoms with van der Waals surface area (Å²) in [5, 5.41) is 18.0. The van der Waals surface area contributed by atoms with E-state index in [4.69, 9.17) is 0 Å². The predicted octanol–water partition coefficient (Wildman–Crippen LogP) is 4.47. The Hall–Kier alpha value is -4.66. The average Bonchev–Trinajstić information content (AvgIpc) is 3.43. The summed E-state index contributed by atoms with van der Waals surface area (Å²) in [5.41, 5.74) is 5.66. The minimum atomic E-state index is -0.293. The van der Waals surface area contributed by atoms with Crippen molar-refractivity contribution < 1.29 is 9.50 Å². The van der Waals surface area contributed by atoms with Crippen molar-refractivity contribution in [3.8, 4) is 39.7 Å². The number of benzene rings is 1. The maximum Gasteiger partial charge on any atom is 0.178 e. The molecule has 0 spiro atoms. The standard InChI is InChI=1S/C23H14FN7O/c24-14-3-1-12(2-4-14)16-5-6-26-22-20(16)28-23(29-22)21-17-8-18(27-11-19(17)30-31-21)13-7-15(32)10-25-9-13/h1-11,32H,(H,30,31)(H,26,28,29). The highest BCUT2D eigenvalue weighted by molar-refractivity contribution is 5.96. The molecule has 0 radical (unpaired) electrons. The first-order chi connectivity index (χ1) is 15.7. The maximum atomic E-state index is 13.4. The molecule has 154 valence electrons. The minimum absolute atomic E-state index is 0.0634. The summed E-state index contributed by atoms with van der Waals surface area (Å²) in [6, 6.07) is 11.6. The Labute approximate surface area is 179 Å². The Bertz CT molecular complexity index is 1600. The zero-order chi connectivity index (χ0) is 21.7. The molecule has 3 N–H and O–H groups in total. The van der Waals surface area contributed by atoms with E-state index in [1.807, 2.05) is 12.1 Å². The second-order valence-corrected chi connectivity index (χ2v) is 7.27. The number of halogens is 1. The molecule has 0 aliphatic rings. The fraction of sp³-hybridized carbons (Fsp3) is 0. The van der Waals surface area contributed by atoms with E-state index in [9.17, 15) is 9.50 Å². The number of aromatic amines is 2. The fourth-order valence-corrected chi connectivity index (χ4v) is 3.72. The number of rotatable bonds is 3. The van der Waals surface area contributed by atoms with E-state index in [0.29, 0.717) is 28.4 Å². The monoisotopic (exact) mass is 423 g/mol. The van der Waals surface area contributed by atoms with Crippen LogP contribution in [0.1, 0.15) is 0 Å². The second-order valence-electron chi connectivity index (χ2n) is 7.27. The Balaban J connectivity index is 1.50. The van der Waals surface area contributed by atoms with E-state index in [2.05, 4.69) is 35.1 Å². The largest absolute Gasteiger partial charge is 0.506 e. The van der Waals surface area contributed by atoms with E-state index in [1.165, 1.54) is 18.3 Å². The van der Waals surface area contributed by atoms with Crippen LogP contribution < -0.4 is 0 Å². The Morgan fingerprint density at radius 1 is 0.906 bits per heavy atom. The SMILES string of the molecule is Oc1cncc(-c2cc3c(-c4nc5nccc(-c6ccc(F)cc6)c5[nH]4)n[nH]c3cn2)c1. The first-order valence-electron chi connectivity index (χ1n) is 9.75. The highest BCUT2D eigenvalue weighted by atomic mass is 19.1. The van der Waals surface area contributed by atoms with Crippen LogP contribution in [0.4, 0.5) is 4.39 Å². The van der Waals surface area contributed by atoms with Crippen LogP contribution in [0.25, 0.3) is 56.0 Å². The first kappa shape index (κ1) is 18.1. The lowest BCUT2D eigenvalue weighted by atomic mass is 10.1. The van der Waals surface area contributed by atoms with Crippen LogP contribution in [0, 0.1) is 5.82 Å². The molecule has 5 heterocycles. The van der Waals surface area contributed by atoms with Gasteiger partial charge in [-0.2, -0.15) is 5.10 Å². The van der Waals surface area contributed by atoms with Crippen LogP contribution in [0.2, 0.25) is 0 Å². The zero-order valence-corrected chi connectivity index (χ0v) is 16.4. The lowest BCUT2D eigenvalue weighted by Crippen LogP contribution is -1.86. The summed E-state index contributed by atoms with van der Waals surface area (Å²) in [6.07, 6.45) is 6.35. The van der Waals surface area contributed by atoms with Gasteiger partial charge >= 0.3 is 0 Å². The number of fused-ring (bicyclic) bond motifs is 2. The van der Waals surface area contributed by atoms with Crippen LogP contribution in [-0.4, -0.2) is 40.2 Å².